The van der Waals surface area contributed by atoms with E-state index in [1.807, 2.05) is 13.8 Å². The number of azide groups is 1. The number of hydrogen-bond acceptors (Lipinski definition) is 3. The fraction of sp³-hybridized carbons (Fsp3) is 0.778. The molecule has 0 aromatic rings. The second kappa shape index (κ2) is 5.37. The maximum Gasteiger partial charge on any atom is 0.312 e. The molecule has 7 nitrogen and oxygen atoms in total. The zero-order chi connectivity index (χ0) is 12.1. The first-order valence-electron chi connectivity index (χ1n) is 5.18. The van der Waals surface area contributed by atoms with E-state index in [4.69, 9.17) is 5.53 Å². The molecule has 1 saturated heterocycles. The first-order valence-corrected chi connectivity index (χ1v) is 5.18. The van der Waals surface area contributed by atoms with Crippen LogP contribution < -0.4 is 0 Å². The van der Waals surface area contributed by atoms with Gasteiger partial charge in [0, 0.05) is 37.1 Å². The summed E-state index contributed by atoms with van der Waals surface area (Å²) in [5, 5.41) is 3.34. The van der Waals surface area contributed by atoms with E-state index in [1.165, 1.54) is 4.90 Å². The fourth-order valence-corrected chi connectivity index (χ4v) is 1.61. The van der Waals surface area contributed by atoms with Crippen LogP contribution in [0.15, 0.2) is 5.11 Å². The van der Waals surface area contributed by atoms with Crippen molar-refractivity contribution in [2.24, 2.45) is 5.11 Å². The predicted octanol–water partition coefficient (Wildman–Crippen LogP) is 0.376. The Balaban J connectivity index is 2.58. The molecular formula is C9H15N5O2. The number of hydrogen-bond donors (Lipinski definition) is 0. The second-order valence-electron chi connectivity index (χ2n) is 3.84. The van der Waals surface area contributed by atoms with Gasteiger partial charge in [0.25, 0.3) is 0 Å². The maximum atomic E-state index is 11.6. The molecule has 0 aliphatic carbocycles. The molecule has 1 heterocycles. The number of rotatable bonds is 4. The van der Waals surface area contributed by atoms with E-state index in [2.05, 4.69) is 10.0 Å². The number of carbonyl (C=O) groups excluding carboxylic acids is 2. The van der Waals surface area contributed by atoms with E-state index < -0.39 is 11.8 Å². The molecule has 1 aliphatic heterocycles. The van der Waals surface area contributed by atoms with Gasteiger partial charge in [-0.1, -0.05) is 5.11 Å². The summed E-state index contributed by atoms with van der Waals surface area (Å²) in [7, 11) is 0. The van der Waals surface area contributed by atoms with Crippen molar-refractivity contribution in [2.75, 3.05) is 26.2 Å². The monoisotopic (exact) mass is 225 g/mol. The van der Waals surface area contributed by atoms with Gasteiger partial charge in [-0.05, 0) is 19.4 Å². The molecule has 0 unspecified atom stereocenters. The lowest BCUT2D eigenvalue weighted by Crippen LogP contribution is -2.56. The van der Waals surface area contributed by atoms with E-state index in [1.54, 1.807) is 4.90 Å². The third-order valence-electron chi connectivity index (χ3n) is 2.50. The molecule has 0 spiro atoms. The molecule has 0 bridgehead atoms. The zero-order valence-electron chi connectivity index (χ0n) is 9.46. The third-order valence-corrected chi connectivity index (χ3v) is 2.50. The second-order valence-corrected chi connectivity index (χ2v) is 3.84. The van der Waals surface area contributed by atoms with E-state index in [9.17, 15) is 9.59 Å². The van der Waals surface area contributed by atoms with Crippen LogP contribution in [0.2, 0.25) is 0 Å². The van der Waals surface area contributed by atoms with Gasteiger partial charge in [0.2, 0.25) is 0 Å². The molecular weight excluding hydrogens is 210 g/mol. The molecule has 1 fully saturated rings. The standard InChI is InChI=1S/C9H15N5O2/c1-7(2)14-6-5-13(4-3-11-12-10)8(15)9(14)16/h7H,3-6H2,1-2H3. The van der Waals surface area contributed by atoms with Gasteiger partial charge in [0.1, 0.15) is 0 Å². The molecule has 0 atom stereocenters. The molecule has 0 radical (unpaired) electrons. The maximum absolute atomic E-state index is 11.6. The molecule has 1 aliphatic rings. The van der Waals surface area contributed by atoms with Crippen molar-refractivity contribution in [1.29, 1.82) is 0 Å². The molecule has 7 heteroatoms. The average molecular weight is 225 g/mol. The first kappa shape index (κ1) is 12.3. The van der Waals surface area contributed by atoms with E-state index in [0.717, 1.165) is 0 Å². The van der Waals surface area contributed by atoms with Crippen LogP contribution in [0.3, 0.4) is 0 Å². The predicted molar refractivity (Wildman–Crippen MR) is 57.4 cm³/mol. The van der Waals surface area contributed by atoms with Crippen molar-refractivity contribution >= 4 is 11.8 Å². The van der Waals surface area contributed by atoms with Crippen molar-refractivity contribution in [3.8, 4) is 0 Å². The fourth-order valence-electron chi connectivity index (χ4n) is 1.61. The highest BCUT2D eigenvalue weighted by atomic mass is 16.2. The normalized spacial score (nSPS) is 16.7. The number of carbonyl (C=O) groups is 2. The van der Waals surface area contributed by atoms with E-state index in [0.29, 0.717) is 19.6 Å². The average Bonchev–Trinajstić information content (AvgIpc) is 2.24. The van der Waals surface area contributed by atoms with Crippen LogP contribution in [-0.2, 0) is 9.59 Å². The Morgan fingerprint density at radius 1 is 1.38 bits per heavy atom. The first-order chi connectivity index (χ1) is 7.57. The van der Waals surface area contributed by atoms with Gasteiger partial charge in [-0.15, -0.1) is 0 Å². The molecule has 1 rings (SSSR count). The van der Waals surface area contributed by atoms with Crippen molar-refractivity contribution in [2.45, 2.75) is 19.9 Å². The van der Waals surface area contributed by atoms with E-state index in [-0.39, 0.29) is 12.6 Å². The minimum atomic E-state index is -0.506. The summed E-state index contributed by atoms with van der Waals surface area (Å²) in [6, 6.07) is 0.0377. The van der Waals surface area contributed by atoms with Gasteiger partial charge in [0.05, 0.1) is 0 Å². The van der Waals surface area contributed by atoms with Gasteiger partial charge in [-0.25, -0.2) is 0 Å². The molecule has 0 aromatic carbocycles. The quantitative estimate of drug-likeness (QED) is 0.299. The highest BCUT2D eigenvalue weighted by molar-refractivity contribution is 6.35. The van der Waals surface area contributed by atoms with Crippen LogP contribution >= 0.6 is 0 Å². The van der Waals surface area contributed by atoms with Crippen LogP contribution in [0.4, 0.5) is 0 Å². The Labute approximate surface area is 93.6 Å². The molecule has 88 valence electrons. The van der Waals surface area contributed by atoms with Crippen LogP contribution in [0, 0.1) is 0 Å². The van der Waals surface area contributed by atoms with Gasteiger partial charge in [0.15, 0.2) is 0 Å². The lowest BCUT2D eigenvalue weighted by atomic mass is 10.2. The zero-order valence-corrected chi connectivity index (χ0v) is 9.46. The summed E-state index contributed by atoms with van der Waals surface area (Å²) >= 11 is 0. The minimum absolute atomic E-state index is 0.0377. The number of amides is 2. The Kier molecular flexibility index (Phi) is 4.13. The smallest absolute Gasteiger partial charge is 0.312 e. The van der Waals surface area contributed by atoms with Crippen LogP contribution in [-0.4, -0.2) is 53.8 Å². The van der Waals surface area contributed by atoms with Gasteiger partial charge >= 0.3 is 11.8 Å². The molecule has 0 saturated carbocycles. The summed E-state index contributed by atoms with van der Waals surface area (Å²) in [4.78, 5) is 28.8. The molecule has 16 heavy (non-hydrogen) atoms. The van der Waals surface area contributed by atoms with Crippen LogP contribution in [0.1, 0.15) is 13.8 Å². The largest absolute Gasteiger partial charge is 0.333 e. The highest BCUT2D eigenvalue weighted by Crippen LogP contribution is 2.08. The number of piperazine rings is 1. The SMILES string of the molecule is CC(C)N1CCN(CCN=[N+]=[N-])C(=O)C1=O. The van der Waals surface area contributed by atoms with Crippen molar-refractivity contribution in [3.05, 3.63) is 10.4 Å². The number of nitrogens with zero attached hydrogens (tertiary/aromatic N) is 5. The Bertz CT molecular complexity index is 335. The van der Waals surface area contributed by atoms with E-state index >= 15 is 0 Å². The lowest BCUT2D eigenvalue weighted by molar-refractivity contribution is -0.157. The Morgan fingerprint density at radius 2 is 2.06 bits per heavy atom. The van der Waals surface area contributed by atoms with Crippen LogP contribution in [0.5, 0.6) is 0 Å². The lowest BCUT2D eigenvalue weighted by Gasteiger charge is -2.35. The highest BCUT2D eigenvalue weighted by Gasteiger charge is 2.33. The summed E-state index contributed by atoms with van der Waals surface area (Å²) in [5.41, 5.74) is 8.11. The van der Waals surface area contributed by atoms with Crippen LogP contribution in [0.25, 0.3) is 10.4 Å². The van der Waals surface area contributed by atoms with Crippen molar-refractivity contribution < 1.29 is 9.59 Å². The molecule has 2 amide bonds. The summed E-state index contributed by atoms with van der Waals surface area (Å²) in [5.74, 6) is -0.977. The third kappa shape index (κ3) is 2.64. The Morgan fingerprint density at radius 3 is 2.62 bits per heavy atom. The summed E-state index contributed by atoms with van der Waals surface area (Å²) in [6.07, 6.45) is 0. The van der Waals surface area contributed by atoms with Crippen molar-refractivity contribution in [1.82, 2.24) is 9.80 Å². The molecule has 0 aromatic heterocycles. The van der Waals surface area contributed by atoms with Gasteiger partial charge in [-0.3, -0.25) is 9.59 Å². The summed E-state index contributed by atoms with van der Waals surface area (Å²) < 4.78 is 0. The summed E-state index contributed by atoms with van der Waals surface area (Å²) in [6.45, 7) is 5.31. The van der Waals surface area contributed by atoms with Gasteiger partial charge in [-0.2, -0.15) is 0 Å². The Hall–Kier alpha value is -1.75. The van der Waals surface area contributed by atoms with Gasteiger partial charge < -0.3 is 9.80 Å². The minimum Gasteiger partial charge on any atom is -0.333 e. The van der Waals surface area contributed by atoms with Crippen molar-refractivity contribution in [3.63, 3.8) is 0 Å². The topological polar surface area (TPSA) is 89.4 Å². The molecule has 0 N–H and O–H groups in total.